The number of thiophene rings is 1. The number of rotatable bonds is 9. The minimum absolute atomic E-state index is 0.0464. The highest BCUT2D eigenvalue weighted by Gasteiger charge is 2.32. The molecule has 0 atom stereocenters. The summed E-state index contributed by atoms with van der Waals surface area (Å²) in [6, 6.07) is 4.97. The number of halogens is 3. The topological polar surface area (TPSA) is 120 Å². The standard InChI is InChI=1S/C25H20Cl2FNO8S/c1-12(30)35-24-21(27)20(26)15-11-14(25(34)36-23(15)22(24)28)16-8-7-13(38-16)5-3-2-4-6-19(33)37-29-17(31)9-10-18(29)32/h7-8,11H,2-6,9-10H2,1H3. The van der Waals surface area contributed by atoms with Gasteiger partial charge in [0.25, 0.3) is 11.8 Å². The monoisotopic (exact) mass is 583 g/mol. The van der Waals surface area contributed by atoms with E-state index in [1.807, 2.05) is 6.07 Å². The van der Waals surface area contributed by atoms with E-state index in [0.717, 1.165) is 18.2 Å². The molecule has 3 heterocycles. The van der Waals surface area contributed by atoms with E-state index < -0.39 is 46.5 Å². The molecule has 200 valence electrons. The van der Waals surface area contributed by atoms with E-state index in [-0.39, 0.29) is 40.3 Å². The van der Waals surface area contributed by atoms with Crippen LogP contribution in [0.3, 0.4) is 0 Å². The van der Waals surface area contributed by atoms with Crippen LogP contribution in [0.25, 0.3) is 21.4 Å². The van der Waals surface area contributed by atoms with Crippen molar-refractivity contribution >= 4 is 69.3 Å². The summed E-state index contributed by atoms with van der Waals surface area (Å²) in [5, 5.41) is 0.144. The molecule has 13 heteroatoms. The van der Waals surface area contributed by atoms with Crippen molar-refractivity contribution in [1.29, 1.82) is 0 Å². The number of benzene rings is 1. The van der Waals surface area contributed by atoms with Gasteiger partial charge in [-0.3, -0.25) is 14.4 Å². The van der Waals surface area contributed by atoms with Gasteiger partial charge in [-0.2, -0.15) is 4.39 Å². The van der Waals surface area contributed by atoms with Crippen molar-refractivity contribution < 1.29 is 37.6 Å². The van der Waals surface area contributed by atoms with E-state index in [2.05, 4.69) is 0 Å². The molecule has 0 spiro atoms. The van der Waals surface area contributed by atoms with Gasteiger partial charge in [0.1, 0.15) is 5.02 Å². The summed E-state index contributed by atoms with van der Waals surface area (Å²) in [6.07, 6.45) is 2.79. The lowest BCUT2D eigenvalue weighted by molar-refractivity contribution is -0.197. The maximum absolute atomic E-state index is 14.9. The first-order valence-corrected chi connectivity index (χ1v) is 13.1. The number of amides is 2. The zero-order chi connectivity index (χ0) is 27.6. The number of fused-ring (bicyclic) bond motifs is 1. The fourth-order valence-electron chi connectivity index (χ4n) is 3.83. The highest BCUT2D eigenvalue weighted by Crippen LogP contribution is 2.42. The third kappa shape index (κ3) is 5.90. The molecule has 0 saturated carbocycles. The molecule has 1 fully saturated rings. The summed E-state index contributed by atoms with van der Waals surface area (Å²) in [6.45, 7) is 1.07. The van der Waals surface area contributed by atoms with Crippen molar-refractivity contribution in [1.82, 2.24) is 5.06 Å². The molecule has 0 aliphatic carbocycles. The molecule has 0 bridgehead atoms. The number of nitrogens with zero attached hydrogens (tertiary/aromatic N) is 1. The predicted molar refractivity (Wildman–Crippen MR) is 136 cm³/mol. The van der Waals surface area contributed by atoms with Gasteiger partial charge in [0.15, 0.2) is 11.3 Å². The Balaban J connectivity index is 1.38. The fourth-order valence-corrected chi connectivity index (χ4v) is 5.33. The Morgan fingerprint density at radius 2 is 1.79 bits per heavy atom. The quantitative estimate of drug-likeness (QED) is 0.0796. The van der Waals surface area contributed by atoms with E-state index in [0.29, 0.717) is 29.2 Å². The lowest BCUT2D eigenvalue weighted by Gasteiger charge is -2.12. The molecule has 9 nitrogen and oxygen atoms in total. The zero-order valence-corrected chi connectivity index (χ0v) is 22.3. The second-order valence-corrected chi connectivity index (χ2v) is 10.4. The van der Waals surface area contributed by atoms with Crippen LogP contribution in [0.2, 0.25) is 10.0 Å². The summed E-state index contributed by atoms with van der Waals surface area (Å²) in [5.74, 6) is -4.20. The number of carbonyl (C=O) groups excluding carboxylic acids is 4. The van der Waals surface area contributed by atoms with Crippen molar-refractivity contribution in [2.45, 2.75) is 51.9 Å². The number of carbonyl (C=O) groups is 4. The Labute approximate surface area is 229 Å². The van der Waals surface area contributed by atoms with E-state index >= 15 is 0 Å². The number of ether oxygens (including phenoxy) is 1. The van der Waals surface area contributed by atoms with Crippen LogP contribution in [-0.2, 0) is 30.4 Å². The number of unbranched alkanes of at least 4 members (excludes halogenated alkanes) is 2. The van der Waals surface area contributed by atoms with Crippen molar-refractivity contribution in [3.63, 3.8) is 0 Å². The third-order valence-corrected chi connectivity index (χ3v) is 7.68. The molecule has 0 unspecified atom stereocenters. The first-order chi connectivity index (χ1) is 18.1. The number of esters is 1. The van der Waals surface area contributed by atoms with Gasteiger partial charge in [0.2, 0.25) is 5.82 Å². The predicted octanol–water partition coefficient (Wildman–Crippen LogP) is 5.60. The van der Waals surface area contributed by atoms with Crippen molar-refractivity contribution in [3.05, 3.63) is 49.4 Å². The van der Waals surface area contributed by atoms with E-state index in [9.17, 15) is 28.4 Å². The molecule has 4 rings (SSSR count). The summed E-state index contributed by atoms with van der Waals surface area (Å²) < 4.78 is 24.8. The van der Waals surface area contributed by atoms with Crippen LogP contribution in [0.15, 0.2) is 27.4 Å². The average Bonchev–Trinajstić information content (AvgIpc) is 3.46. The van der Waals surface area contributed by atoms with Gasteiger partial charge in [0.05, 0.1) is 10.6 Å². The van der Waals surface area contributed by atoms with Crippen LogP contribution in [0.5, 0.6) is 5.75 Å². The van der Waals surface area contributed by atoms with Gasteiger partial charge in [0, 0.05) is 41.3 Å². The minimum atomic E-state index is -1.11. The molecule has 1 aliphatic heterocycles. The lowest BCUT2D eigenvalue weighted by Crippen LogP contribution is -2.31. The molecule has 3 aromatic rings. The van der Waals surface area contributed by atoms with Gasteiger partial charge < -0.3 is 14.0 Å². The fraction of sp³-hybridized carbons (Fsp3) is 0.320. The molecule has 2 amide bonds. The molecule has 1 saturated heterocycles. The van der Waals surface area contributed by atoms with Gasteiger partial charge in [-0.25, -0.2) is 9.59 Å². The highest BCUT2D eigenvalue weighted by molar-refractivity contribution is 7.15. The van der Waals surface area contributed by atoms with E-state index in [1.54, 1.807) is 6.07 Å². The van der Waals surface area contributed by atoms with Gasteiger partial charge >= 0.3 is 17.6 Å². The van der Waals surface area contributed by atoms with Crippen LogP contribution in [0.1, 0.15) is 50.3 Å². The summed E-state index contributed by atoms with van der Waals surface area (Å²) in [7, 11) is 0. The molecule has 0 radical (unpaired) electrons. The molecule has 38 heavy (non-hydrogen) atoms. The molecule has 0 N–H and O–H groups in total. The molecule has 1 aliphatic rings. The molecular weight excluding hydrogens is 564 g/mol. The number of aryl methyl sites for hydroxylation is 1. The molecule has 2 aromatic heterocycles. The minimum Gasteiger partial charge on any atom is -0.422 e. The van der Waals surface area contributed by atoms with Crippen LogP contribution < -0.4 is 10.4 Å². The highest BCUT2D eigenvalue weighted by atomic mass is 35.5. The second kappa shape index (κ2) is 11.6. The number of hydroxylamine groups is 2. The van der Waals surface area contributed by atoms with Crippen LogP contribution in [0.4, 0.5) is 4.39 Å². The maximum Gasteiger partial charge on any atom is 0.345 e. The SMILES string of the molecule is CC(=O)Oc1c(Cl)c(Cl)c2cc(-c3ccc(CCCCCC(=O)ON4C(=O)CCC4=O)s3)c(=O)oc2c1F. The van der Waals surface area contributed by atoms with Gasteiger partial charge in [-0.15, -0.1) is 16.4 Å². The van der Waals surface area contributed by atoms with E-state index in [1.165, 1.54) is 17.4 Å². The number of imide groups is 1. The Bertz CT molecular complexity index is 1500. The van der Waals surface area contributed by atoms with Crippen LogP contribution in [0, 0.1) is 5.82 Å². The summed E-state index contributed by atoms with van der Waals surface area (Å²) >= 11 is 13.7. The Morgan fingerprint density at radius 3 is 2.47 bits per heavy atom. The van der Waals surface area contributed by atoms with Crippen molar-refractivity contribution in [2.75, 3.05) is 0 Å². The first-order valence-electron chi connectivity index (χ1n) is 11.5. The van der Waals surface area contributed by atoms with Gasteiger partial charge in [-0.1, -0.05) is 29.6 Å². The molecular formula is C25H20Cl2FNO8S. The van der Waals surface area contributed by atoms with Crippen LogP contribution >= 0.6 is 34.5 Å². The summed E-state index contributed by atoms with van der Waals surface area (Å²) in [5.41, 5.74) is -1.11. The smallest absolute Gasteiger partial charge is 0.345 e. The number of hydrogen-bond donors (Lipinski definition) is 0. The Hall–Kier alpha value is -3.28. The normalized spacial score (nSPS) is 13.4. The lowest BCUT2D eigenvalue weighted by atomic mass is 10.1. The van der Waals surface area contributed by atoms with Crippen molar-refractivity contribution in [2.24, 2.45) is 0 Å². The average molecular weight is 584 g/mol. The van der Waals surface area contributed by atoms with E-state index in [4.69, 9.17) is 37.2 Å². The number of hydrogen-bond acceptors (Lipinski definition) is 9. The first kappa shape index (κ1) is 27.7. The van der Waals surface area contributed by atoms with Gasteiger partial charge in [-0.05, 0) is 37.5 Å². The largest absolute Gasteiger partial charge is 0.422 e. The second-order valence-electron chi connectivity index (χ2n) is 8.43. The summed E-state index contributed by atoms with van der Waals surface area (Å²) in [4.78, 5) is 65.2. The molecule has 1 aromatic carbocycles. The van der Waals surface area contributed by atoms with Crippen LogP contribution in [-0.4, -0.2) is 28.8 Å². The maximum atomic E-state index is 14.9. The Morgan fingerprint density at radius 1 is 1.08 bits per heavy atom. The van der Waals surface area contributed by atoms with Crippen molar-refractivity contribution in [3.8, 4) is 16.2 Å². The zero-order valence-electron chi connectivity index (χ0n) is 19.9. The Kier molecular flexibility index (Phi) is 8.49. The third-order valence-electron chi connectivity index (χ3n) is 5.65.